The Morgan fingerprint density at radius 1 is 1.15 bits per heavy atom. The fraction of sp³-hybridized carbons (Fsp3) is 0.176. The highest BCUT2D eigenvalue weighted by molar-refractivity contribution is 6.67. The van der Waals surface area contributed by atoms with Crippen LogP contribution in [0.5, 0.6) is 11.5 Å². The molecule has 0 fully saturated rings. The van der Waals surface area contributed by atoms with Crippen LogP contribution in [0.4, 0.5) is 23.2 Å². The second kappa shape index (κ2) is 7.74. The van der Waals surface area contributed by atoms with Crippen molar-refractivity contribution in [3.05, 3.63) is 53.3 Å². The summed E-state index contributed by atoms with van der Waals surface area (Å²) in [6, 6.07) is 7.32. The van der Waals surface area contributed by atoms with Crippen LogP contribution in [-0.2, 0) is 4.74 Å². The van der Waals surface area contributed by atoms with E-state index >= 15 is 0 Å². The standard InChI is InChI=1S/C17H12ClF4NO3/c1-9-12(23-16(18)17(20,21)22)4-3-5-13(9)26-14-8-10(19)6-7-11(14)15(24)25-2/h3-8H,1-2H3. The minimum Gasteiger partial charge on any atom is -0.465 e. The van der Waals surface area contributed by atoms with Crippen LogP contribution in [0.25, 0.3) is 0 Å². The third-order valence-corrected chi connectivity index (χ3v) is 3.58. The van der Waals surface area contributed by atoms with Crippen LogP contribution in [0.3, 0.4) is 0 Å². The molecule has 0 saturated heterocycles. The summed E-state index contributed by atoms with van der Waals surface area (Å²) < 4.78 is 61.3. The molecule has 9 heteroatoms. The quantitative estimate of drug-likeness (QED) is 0.391. The van der Waals surface area contributed by atoms with Gasteiger partial charge in [0.1, 0.15) is 22.9 Å². The maximum Gasteiger partial charge on any atom is 0.444 e. The normalized spacial score (nSPS) is 12.0. The van der Waals surface area contributed by atoms with Crippen LogP contribution in [0.15, 0.2) is 41.4 Å². The molecule has 0 aromatic heterocycles. The highest BCUT2D eigenvalue weighted by Crippen LogP contribution is 2.34. The van der Waals surface area contributed by atoms with E-state index in [1.807, 2.05) is 0 Å². The third kappa shape index (κ3) is 4.51. The predicted molar refractivity (Wildman–Crippen MR) is 88.0 cm³/mol. The predicted octanol–water partition coefficient (Wildman–Crippen LogP) is 5.54. The Bertz CT molecular complexity index is 866. The first-order valence-electron chi connectivity index (χ1n) is 7.10. The van der Waals surface area contributed by atoms with E-state index in [-0.39, 0.29) is 28.3 Å². The Labute approximate surface area is 151 Å². The van der Waals surface area contributed by atoms with Gasteiger partial charge < -0.3 is 9.47 Å². The first kappa shape index (κ1) is 19.7. The molecule has 2 rings (SSSR count). The van der Waals surface area contributed by atoms with Gasteiger partial charge in [-0.2, -0.15) is 13.2 Å². The number of hydrogen-bond donors (Lipinski definition) is 0. The third-order valence-electron chi connectivity index (χ3n) is 3.28. The number of carbonyl (C=O) groups excluding carboxylic acids is 1. The Balaban J connectivity index is 2.45. The van der Waals surface area contributed by atoms with E-state index in [4.69, 9.17) is 16.3 Å². The zero-order valence-electron chi connectivity index (χ0n) is 13.5. The number of esters is 1. The lowest BCUT2D eigenvalue weighted by atomic mass is 10.1. The van der Waals surface area contributed by atoms with Crippen molar-refractivity contribution >= 4 is 28.4 Å². The highest BCUT2D eigenvalue weighted by atomic mass is 35.5. The molecule has 0 bridgehead atoms. The van der Waals surface area contributed by atoms with Gasteiger partial charge in [0, 0.05) is 11.6 Å². The topological polar surface area (TPSA) is 47.9 Å². The molecule has 2 aromatic rings. The Morgan fingerprint density at radius 2 is 1.85 bits per heavy atom. The smallest absolute Gasteiger partial charge is 0.444 e. The van der Waals surface area contributed by atoms with Crippen molar-refractivity contribution in [1.29, 1.82) is 0 Å². The number of rotatable bonds is 4. The van der Waals surface area contributed by atoms with Gasteiger partial charge >= 0.3 is 12.1 Å². The molecule has 0 atom stereocenters. The second-order valence-electron chi connectivity index (χ2n) is 5.03. The molecule has 138 valence electrons. The number of alkyl halides is 3. The molecule has 0 unspecified atom stereocenters. The van der Waals surface area contributed by atoms with Crippen molar-refractivity contribution in [2.24, 2.45) is 4.99 Å². The minimum absolute atomic E-state index is 0.0458. The average molecular weight is 390 g/mol. The average Bonchev–Trinajstić information content (AvgIpc) is 2.57. The first-order valence-corrected chi connectivity index (χ1v) is 7.48. The van der Waals surface area contributed by atoms with E-state index in [0.717, 1.165) is 19.2 Å². The van der Waals surface area contributed by atoms with Crippen LogP contribution in [0.1, 0.15) is 15.9 Å². The van der Waals surface area contributed by atoms with Gasteiger partial charge in [0.25, 0.3) is 0 Å². The summed E-state index contributed by atoms with van der Waals surface area (Å²) in [6.45, 7) is 1.45. The molecular weight excluding hydrogens is 378 g/mol. The molecule has 0 aliphatic carbocycles. The monoisotopic (exact) mass is 389 g/mol. The zero-order valence-corrected chi connectivity index (χ0v) is 14.3. The van der Waals surface area contributed by atoms with Crippen LogP contribution < -0.4 is 4.74 Å². The van der Waals surface area contributed by atoms with Crippen molar-refractivity contribution in [2.45, 2.75) is 13.1 Å². The molecule has 0 aliphatic heterocycles. The zero-order chi connectivity index (χ0) is 19.5. The fourth-order valence-electron chi connectivity index (χ4n) is 1.98. The summed E-state index contributed by atoms with van der Waals surface area (Å²) in [6.07, 6.45) is -4.79. The first-order chi connectivity index (χ1) is 12.1. The van der Waals surface area contributed by atoms with Crippen molar-refractivity contribution in [1.82, 2.24) is 0 Å². The molecule has 0 aliphatic rings. The molecule has 0 N–H and O–H groups in total. The van der Waals surface area contributed by atoms with Gasteiger partial charge in [0.05, 0.1) is 12.8 Å². The van der Waals surface area contributed by atoms with E-state index in [1.54, 1.807) is 0 Å². The number of aliphatic imine (C=N–C) groups is 1. The summed E-state index contributed by atoms with van der Waals surface area (Å²) in [4.78, 5) is 15.1. The number of methoxy groups -OCH3 is 1. The lowest BCUT2D eigenvalue weighted by Crippen LogP contribution is -2.16. The number of halogens is 5. The van der Waals surface area contributed by atoms with Crippen LogP contribution in [-0.4, -0.2) is 24.4 Å². The van der Waals surface area contributed by atoms with Gasteiger partial charge in [-0.25, -0.2) is 14.2 Å². The summed E-state index contributed by atoms with van der Waals surface area (Å²) in [5, 5.41) is -1.54. The van der Waals surface area contributed by atoms with Gasteiger partial charge in [-0.05, 0) is 31.2 Å². The number of carbonyl (C=O) groups is 1. The second-order valence-corrected chi connectivity index (χ2v) is 5.39. The van der Waals surface area contributed by atoms with Crippen molar-refractivity contribution in [2.75, 3.05) is 7.11 Å². The molecule has 0 saturated carbocycles. The number of hydrogen-bond acceptors (Lipinski definition) is 4. The lowest BCUT2D eigenvalue weighted by molar-refractivity contribution is -0.0558. The molecule has 4 nitrogen and oxygen atoms in total. The van der Waals surface area contributed by atoms with Crippen molar-refractivity contribution in [3.8, 4) is 11.5 Å². The van der Waals surface area contributed by atoms with E-state index < -0.39 is 23.1 Å². The summed E-state index contributed by atoms with van der Waals surface area (Å²) in [5.41, 5.74) is 0.0892. The number of nitrogens with zero attached hydrogens (tertiary/aromatic N) is 1. The summed E-state index contributed by atoms with van der Waals surface area (Å²) in [5.74, 6) is -1.50. The van der Waals surface area contributed by atoms with Crippen LogP contribution in [0, 0.1) is 12.7 Å². The van der Waals surface area contributed by atoms with Gasteiger partial charge in [0.2, 0.25) is 5.17 Å². The SMILES string of the molecule is COC(=O)c1ccc(F)cc1Oc1cccc(N=C(Cl)C(F)(F)F)c1C. The Morgan fingerprint density at radius 3 is 2.46 bits per heavy atom. The molecule has 0 heterocycles. The molecule has 0 radical (unpaired) electrons. The van der Waals surface area contributed by atoms with E-state index in [9.17, 15) is 22.4 Å². The van der Waals surface area contributed by atoms with E-state index in [2.05, 4.69) is 9.73 Å². The Hall–Kier alpha value is -2.61. The van der Waals surface area contributed by atoms with Gasteiger partial charge in [-0.1, -0.05) is 17.7 Å². The van der Waals surface area contributed by atoms with Crippen molar-refractivity contribution in [3.63, 3.8) is 0 Å². The highest BCUT2D eigenvalue weighted by Gasteiger charge is 2.34. The molecule has 26 heavy (non-hydrogen) atoms. The van der Waals surface area contributed by atoms with Gasteiger partial charge in [-0.3, -0.25) is 0 Å². The maximum atomic E-state index is 13.5. The fourth-order valence-corrected chi connectivity index (χ4v) is 2.07. The summed E-state index contributed by atoms with van der Waals surface area (Å²) in [7, 11) is 1.15. The number of benzene rings is 2. The minimum atomic E-state index is -4.79. The van der Waals surface area contributed by atoms with E-state index in [0.29, 0.717) is 0 Å². The summed E-state index contributed by atoms with van der Waals surface area (Å²) >= 11 is 5.16. The van der Waals surface area contributed by atoms with E-state index in [1.165, 1.54) is 31.2 Å². The van der Waals surface area contributed by atoms with Gasteiger partial charge in [-0.15, -0.1) is 0 Å². The van der Waals surface area contributed by atoms with Crippen LogP contribution >= 0.6 is 11.6 Å². The molecule has 0 spiro atoms. The molecule has 2 aromatic carbocycles. The largest absolute Gasteiger partial charge is 0.465 e. The van der Waals surface area contributed by atoms with Gasteiger partial charge in [0.15, 0.2) is 0 Å². The molecule has 0 amide bonds. The lowest BCUT2D eigenvalue weighted by Gasteiger charge is -2.13. The number of ether oxygens (including phenoxy) is 2. The van der Waals surface area contributed by atoms with Crippen molar-refractivity contribution < 1.29 is 31.8 Å². The van der Waals surface area contributed by atoms with Crippen LogP contribution in [0.2, 0.25) is 0 Å². The molecular formula is C17H12ClF4NO3. The maximum absolute atomic E-state index is 13.5. The Kier molecular flexibility index (Phi) is 5.86.